The summed E-state index contributed by atoms with van der Waals surface area (Å²) >= 11 is 0. The van der Waals surface area contributed by atoms with Gasteiger partial charge in [-0.05, 0) is 54.6 Å². The Morgan fingerprint density at radius 1 is 0.465 bits per heavy atom. The average molecular weight is 555 g/mol. The summed E-state index contributed by atoms with van der Waals surface area (Å²) in [6, 6.07) is 37.2. The Labute approximate surface area is 245 Å². The first kappa shape index (κ1) is 23.6. The van der Waals surface area contributed by atoms with Crippen LogP contribution in [-0.2, 0) is 0 Å². The topological polar surface area (TPSA) is 74.6 Å². The Bertz CT molecular complexity index is 2460. The summed E-state index contributed by atoms with van der Waals surface area (Å²) in [5.41, 5.74) is 7.93. The number of pyridine rings is 2. The second kappa shape index (κ2) is 9.22. The summed E-state index contributed by atoms with van der Waals surface area (Å²) in [6.07, 6.45) is 7.33. The van der Waals surface area contributed by atoms with Crippen LogP contribution in [0.2, 0.25) is 0 Å². The first-order valence-corrected chi connectivity index (χ1v) is 14.1. The lowest BCUT2D eigenvalue weighted by Crippen LogP contribution is -1.96. The molecule has 0 bridgehead atoms. The van der Waals surface area contributed by atoms with Crippen LogP contribution in [-0.4, -0.2) is 29.3 Å². The fraction of sp³-hybridized carbons (Fsp3) is 0. The molecule has 0 unspecified atom stereocenters. The van der Waals surface area contributed by atoms with Crippen molar-refractivity contribution in [3.8, 4) is 34.3 Å². The highest BCUT2D eigenvalue weighted by molar-refractivity contribution is 6.15. The molecule has 7 heteroatoms. The molecule has 0 saturated heterocycles. The van der Waals surface area contributed by atoms with Crippen LogP contribution in [0.3, 0.4) is 0 Å². The van der Waals surface area contributed by atoms with Crippen molar-refractivity contribution in [2.24, 2.45) is 0 Å². The molecule has 9 rings (SSSR count). The molecule has 4 aromatic carbocycles. The fourth-order valence-electron chi connectivity index (χ4n) is 6.35. The largest absolute Gasteiger partial charge is 0.416 e. The third-order valence-corrected chi connectivity index (χ3v) is 8.09. The summed E-state index contributed by atoms with van der Waals surface area (Å²) in [7, 11) is 0. The minimum Gasteiger partial charge on any atom is -0.416 e. The Balaban J connectivity index is 1.29. The van der Waals surface area contributed by atoms with Crippen LogP contribution in [0.4, 0.5) is 0 Å². The molecule has 0 spiro atoms. The van der Waals surface area contributed by atoms with Crippen molar-refractivity contribution in [3.05, 3.63) is 134 Å². The van der Waals surface area contributed by atoms with Gasteiger partial charge in [0.1, 0.15) is 0 Å². The minimum atomic E-state index is 0.460. The maximum atomic E-state index is 6.55. The summed E-state index contributed by atoms with van der Waals surface area (Å²) in [6.45, 7) is 0. The van der Waals surface area contributed by atoms with Gasteiger partial charge in [0.25, 0.3) is 0 Å². The molecule has 43 heavy (non-hydrogen) atoms. The molecule has 0 N–H and O–H groups in total. The van der Waals surface area contributed by atoms with Crippen LogP contribution in [0, 0.1) is 0 Å². The minimum absolute atomic E-state index is 0.460. The molecule has 0 aliphatic carbocycles. The van der Waals surface area contributed by atoms with Crippen LogP contribution < -0.4 is 0 Å². The zero-order chi connectivity index (χ0) is 28.3. The zero-order valence-electron chi connectivity index (χ0n) is 22.8. The van der Waals surface area contributed by atoms with E-state index < -0.39 is 0 Å². The molecule has 5 heterocycles. The molecule has 0 fully saturated rings. The van der Waals surface area contributed by atoms with Crippen LogP contribution in [0.15, 0.2) is 138 Å². The first-order valence-electron chi connectivity index (χ1n) is 14.1. The van der Waals surface area contributed by atoms with E-state index in [0.717, 1.165) is 66.1 Å². The van der Waals surface area contributed by atoms with Crippen molar-refractivity contribution in [3.63, 3.8) is 0 Å². The normalized spacial score (nSPS) is 11.7. The summed E-state index contributed by atoms with van der Waals surface area (Å²) in [4.78, 5) is 8.77. The van der Waals surface area contributed by atoms with E-state index in [-0.39, 0.29) is 0 Å². The van der Waals surface area contributed by atoms with Gasteiger partial charge in [-0.3, -0.25) is 9.97 Å². The quantitative estimate of drug-likeness (QED) is 0.218. The molecular formula is C36H22N6O. The third kappa shape index (κ3) is 3.48. The number of hydrogen-bond acceptors (Lipinski definition) is 5. The van der Waals surface area contributed by atoms with Gasteiger partial charge in [0.15, 0.2) is 0 Å². The van der Waals surface area contributed by atoms with E-state index >= 15 is 0 Å². The maximum Gasteiger partial charge on any atom is 0.250 e. The molecule has 0 aliphatic rings. The highest BCUT2D eigenvalue weighted by Crippen LogP contribution is 2.41. The number of para-hydroxylation sites is 3. The van der Waals surface area contributed by atoms with E-state index in [1.807, 2.05) is 48.8 Å². The molecule has 9 aromatic rings. The second-order valence-electron chi connectivity index (χ2n) is 10.4. The Kier molecular flexibility index (Phi) is 5.06. The molecule has 7 nitrogen and oxygen atoms in total. The van der Waals surface area contributed by atoms with Gasteiger partial charge in [-0.25, -0.2) is 0 Å². The molecule has 0 atom stereocenters. The number of hydrogen-bond donors (Lipinski definition) is 0. The van der Waals surface area contributed by atoms with Crippen molar-refractivity contribution in [1.29, 1.82) is 0 Å². The average Bonchev–Trinajstić information content (AvgIpc) is 3.78. The van der Waals surface area contributed by atoms with E-state index in [9.17, 15) is 0 Å². The summed E-state index contributed by atoms with van der Waals surface area (Å²) in [5.74, 6) is 0.928. The van der Waals surface area contributed by atoms with Crippen molar-refractivity contribution in [1.82, 2.24) is 29.3 Å². The van der Waals surface area contributed by atoms with Gasteiger partial charge in [0, 0.05) is 39.5 Å². The smallest absolute Gasteiger partial charge is 0.250 e. The number of aromatic nitrogens is 6. The maximum absolute atomic E-state index is 6.55. The van der Waals surface area contributed by atoms with E-state index in [4.69, 9.17) is 4.42 Å². The lowest BCUT2D eigenvalue weighted by molar-refractivity contribution is 0.585. The number of rotatable bonds is 4. The molecule has 0 saturated carbocycles. The Morgan fingerprint density at radius 2 is 1.05 bits per heavy atom. The lowest BCUT2D eigenvalue weighted by Gasteiger charge is -2.09. The van der Waals surface area contributed by atoms with Crippen LogP contribution in [0.1, 0.15) is 0 Å². The van der Waals surface area contributed by atoms with Gasteiger partial charge >= 0.3 is 0 Å². The van der Waals surface area contributed by atoms with Crippen LogP contribution in [0.25, 0.3) is 77.9 Å². The number of nitrogens with zero attached hydrogens (tertiary/aromatic N) is 6. The van der Waals surface area contributed by atoms with Crippen molar-refractivity contribution < 1.29 is 4.42 Å². The molecule has 202 valence electrons. The molecule has 0 radical (unpaired) electrons. The molecular weight excluding hydrogens is 532 g/mol. The van der Waals surface area contributed by atoms with Crippen molar-refractivity contribution >= 4 is 43.6 Å². The van der Waals surface area contributed by atoms with Crippen molar-refractivity contribution in [2.45, 2.75) is 0 Å². The van der Waals surface area contributed by atoms with Crippen molar-refractivity contribution in [2.75, 3.05) is 0 Å². The third-order valence-electron chi connectivity index (χ3n) is 8.09. The predicted octanol–water partition coefficient (Wildman–Crippen LogP) is 8.39. The second-order valence-corrected chi connectivity index (χ2v) is 10.4. The summed E-state index contributed by atoms with van der Waals surface area (Å²) in [5, 5.41) is 13.6. The number of benzene rings is 4. The SMILES string of the molecule is c1cncc(-n2c3ccccc3c3c(-c4nnc(-c5cccc6c7ccccc7n(-c7cccnc7)c56)o4)cccc32)c1. The molecule has 5 aromatic heterocycles. The van der Waals surface area contributed by atoms with E-state index in [2.05, 4.69) is 102 Å². The van der Waals surface area contributed by atoms with Crippen LogP contribution >= 0.6 is 0 Å². The van der Waals surface area contributed by atoms with Gasteiger partial charge in [-0.1, -0.05) is 54.6 Å². The van der Waals surface area contributed by atoms with Gasteiger partial charge in [-0.2, -0.15) is 0 Å². The van der Waals surface area contributed by atoms with E-state index in [1.54, 1.807) is 12.4 Å². The molecule has 0 aliphatic heterocycles. The fourth-order valence-corrected chi connectivity index (χ4v) is 6.35. The summed E-state index contributed by atoms with van der Waals surface area (Å²) < 4.78 is 11.0. The highest BCUT2D eigenvalue weighted by Gasteiger charge is 2.22. The molecule has 0 amide bonds. The monoisotopic (exact) mass is 554 g/mol. The van der Waals surface area contributed by atoms with Gasteiger partial charge in [-0.15, -0.1) is 10.2 Å². The predicted molar refractivity (Wildman–Crippen MR) is 169 cm³/mol. The zero-order valence-corrected chi connectivity index (χ0v) is 22.8. The Hall–Kier alpha value is -6.08. The van der Waals surface area contributed by atoms with E-state index in [1.165, 1.54) is 0 Å². The Morgan fingerprint density at radius 3 is 1.79 bits per heavy atom. The van der Waals surface area contributed by atoms with Gasteiger partial charge < -0.3 is 13.6 Å². The van der Waals surface area contributed by atoms with Gasteiger partial charge in [0.2, 0.25) is 11.8 Å². The standard InChI is InChI=1S/C36H22N6O/c1-3-16-30-25(11-1)26-13-5-15-29(34(26)42(30)24-10-8-20-38-22-24)36-40-39-35(43-36)28-14-6-18-32-33(28)27-12-2-4-17-31(27)41(32)23-9-7-19-37-21-23/h1-22H. The number of fused-ring (bicyclic) bond motifs is 6. The first-order chi connectivity index (χ1) is 21.4. The van der Waals surface area contributed by atoms with Gasteiger partial charge in [0.05, 0.1) is 51.4 Å². The highest BCUT2D eigenvalue weighted by atomic mass is 16.4. The lowest BCUT2D eigenvalue weighted by atomic mass is 10.1. The van der Waals surface area contributed by atoms with E-state index in [0.29, 0.717) is 11.8 Å². The van der Waals surface area contributed by atoms with Crippen LogP contribution in [0.5, 0.6) is 0 Å².